The minimum atomic E-state index is -0.190. The number of carbonyl (C=O) groups is 2. The minimum absolute atomic E-state index is 0.0652. The van der Waals surface area contributed by atoms with Crippen LogP contribution in [0.4, 0.5) is 0 Å². The summed E-state index contributed by atoms with van der Waals surface area (Å²) in [7, 11) is 1.92. The maximum absolute atomic E-state index is 12.6. The monoisotopic (exact) mass is 371 g/mol. The Kier molecular flexibility index (Phi) is 5.80. The molecule has 0 radical (unpaired) electrons. The SMILES string of the molecule is CCN(CC)C(=O)[C@@H]1C[C@@H](NC(=O)c2ccc(-n3cnnc3)nc2)CN1C. The quantitative estimate of drug-likeness (QED) is 0.786. The molecule has 2 atom stereocenters. The number of likely N-dealkylation sites (N-methyl/N-ethyl adjacent to an activating group) is 2. The molecule has 0 aliphatic carbocycles. The highest BCUT2D eigenvalue weighted by atomic mass is 16.2. The van der Waals surface area contributed by atoms with Crippen molar-refractivity contribution in [2.75, 3.05) is 26.7 Å². The van der Waals surface area contributed by atoms with Crippen LogP contribution in [0.2, 0.25) is 0 Å². The van der Waals surface area contributed by atoms with E-state index < -0.39 is 0 Å². The van der Waals surface area contributed by atoms with Crippen molar-refractivity contribution in [1.82, 2.24) is 34.9 Å². The summed E-state index contributed by atoms with van der Waals surface area (Å²) < 4.78 is 1.66. The summed E-state index contributed by atoms with van der Waals surface area (Å²) in [6, 6.07) is 3.20. The van der Waals surface area contributed by atoms with Crippen LogP contribution in [0.5, 0.6) is 0 Å². The van der Waals surface area contributed by atoms with Crippen LogP contribution in [-0.2, 0) is 4.79 Å². The van der Waals surface area contributed by atoms with Gasteiger partial charge in [0.25, 0.3) is 5.91 Å². The number of nitrogens with zero attached hydrogens (tertiary/aromatic N) is 6. The minimum Gasteiger partial charge on any atom is -0.348 e. The van der Waals surface area contributed by atoms with Crippen LogP contribution in [0, 0.1) is 0 Å². The zero-order chi connectivity index (χ0) is 19.4. The molecule has 3 rings (SSSR count). The lowest BCUT2D eigenvalue weighted by Crippen LogP contribution is -2.44. The molecule has 1 aliphatic heterocycles. The van der Waals surface area contributed by atoms with Crippen LogP contribution >= 0.6 is 0 Å². The molecular weight excluding hydrogens is 346 g/mol. The Bertz CT molecular complexity index is 772. The summed E-state index contributed by atoms with van der Waals surface area (Å²) in [5, 5.41) is 10.5. The van der Waals surface area contributed by atoms with Gasteiger partial charge in [-0.05, 0) is 39.4 Å². The predicted molar refractivity (Wildman–Crippen MR) is 99.4 cm³/mol. The topological polar surface area (TPSA) is 96.2 Å². The molecule has 9 heteroatoms. The molecule has 2 aromatic rings. The van der Waals surface area contributed by atoms with Crippen molar-refractivity contribution >= 4 is 11.8 Å². The summed E-state index contributed by atoms with van der Waals surface area (Å²) in [5.74, 6) is 0.577. The number of hydrogen-bond donors (Lipinski definition) is 1. The van der Waals surface area contributed by atoms with Crippen LogP contribution in [0.25, 0.3) is 5.82 Å². The van der Waals surface area contributed by atoms with Crippen molar-refractivity contribution < 1.29 is 9.59 Å². The molecule has 0 bridgehead atoms. The maximum atomic E-state index is 12.6. The van der Waals surface area contributed by atoms with E-state index in [2.05, 4.69) is 20.5 Å². The summed E-state index contributed by atoms with van der Waals surface area (Å²) in [6.07, 6.45) is 5.23. The Balaban J connectivity index is 1.60. The van der Waals surface area contributed by atoms with E-state index in [1.54, 1.807) is 29.4 Å². The fourth-order valence-electron chi connectivity index (χ4n) is 3.40. The fourth-order valence-corrected chi connectivity index (χ4v) is 3.40. The number of aromatic nitrogens is 4. The van der Waals surface area contributed by atoms with E-state index in [1.165, 1.54) is 6.20 Å². The first-order chi connectivity index (χ1) is 13.0. The molecule has 1 fully saturated rings. The van der Waals surface area contributed by atoms with Gasteiger partial charge in [0, 0.05) is 31.9 Å². The Morgan fingerprint density at radius 3 is 2.52 bits per heavy atom. The fraction of sp³-hybridized carbons (Fsp3) is 0.500. The van der Waals surface area contributed by atoms with E-state index in [-0.39, 0.29) is 23.9 Å². The third-order valence-corrected chi connectivity index (χ3v) is 4.94. The maximum Gasteiger partial charge on any atom is 0.253 e. The van der Waals surface area contributed by atoms with Crippen LogP contribution in [0.15, 0.2) is 31.0 Å². The van der Waals surface area contributed by atoms with Gasteiger partial charge in [0.1, 0.15) is 18.5 Å². The van der Waals surface area contributed by atoms with E-state index in [9.17, 15) is 9.59 Å². The lowest BCUT2D eigenvalue weighted by Gasteiger charge is -2.26. The highest BCUT2D eigenvalue weighted by molar-refractivity contribution is 5.94. The van der Waals surface area contributed by atoms with Crippen LogP contribution in [0.3, 0.4) is 0 Å². The molecule has 1 aliphatic rings. The molecule has 27 heavy (non-hydrogen) atoms. The predicted octanol–water partition coefficient (Wildman–Crippen LogP) is 0.333. The van der Waals surface area contributed by atoms with Gasteiger partial charge < -0.3 is 10.2 Å². The molecule has 1 N–H and O–H groups in total. The highest BCUT2D eigenvalue weighted by Crippen LogP contribution is 2.19. The van der Waals surface area contributed by atoms with Gasteiger partial charge in [-0.15, -0.1) is 10.2 Å². The molecule has 144 valence electrons. The van der Waals surface area contributed by atoms with Crippen molar-refractivity contribution in [3.63, 3.8) is 0 Å². The Morgan fingerprint density at radius 1 is 1.22 bits per heavy atom. The number of pyridine rings is 1. The lowest BCUT2D eigenvalue weighted by atomic mass is 10.1. The molecule has 0 unspecified atom stereocenters. The van der Waals surface area contributed by atoms with Crippen molar-refractivity contribution in [1.29, 1.82) is 0 Å². The van der Waals surface area contributed by atoms with E-state index in [1.807, 2.05) is 30.7 Å². The summed E-state index contributed by atoms with van der Waals surface area (Å²) >= 11 is 0. The van der Waals surface area contributed by atoms with Crippen molar-refractivity contribution in [3.8, 4) is 5.82 Å². The first kappa shape index (κ1) is 19.0. The number of rotatable bonds is 6. The van der Waals surface area contributed by atoms with Gasteiger partial charge >= 0.3 is 0 Å². The molecule has 1 saturated heterocycles. The Morgan fingerprint density at radius 2 is 1.93 bits per heavy atom. The Labute approximate surface area is 158 Å². The molecule has 9 nitrogen and oxygen atoms in total. The van der Waals surface area contributed by atoms with Gasteiger partial charge in [0.15, 0.2) is 0 Å². The molecule has 0 aromatic carbocycles. The molecular formula is C18H25N7O2. The van der Waals surface area contributed by atoms with Gasteiger partial charge in [0.05, 0.1) is 11.6 Å². The average Bonchev–Trinajstić information content (AvgIpc) is 3.32. The number of nitrogens with one attached hydrogen (secondary N) is 1. The summed E-state index contributed by atoms with van der Waals surface area (Å²) in [4.78, 5) is 33.3. The first-order valence-corrected chi connectivity index (χ1v) is 9.14. The van der Waals surface area contributed by atoms with Crippen molar-refractivity contribution in [3.05, 3.63) is 36.5 Å². The third kappa shape index (κ3) is 4.13. The molecule has 2 amide bonds. The van der Waals surface area contributed by atoms with Gasteiger partial charge in [-0.3, -0.25) is 19.1 Å². The number of carbonyl (C=O) groups excluding carboxylic acids is 2. The smallest absolute Gasteiger partial charge is 0.253 e. The van der Waals surface area contributed by atoms with Gasteiger partial charge in [0.2, 0.25) is 5.91 Å². The number of hydrogen-bond acceptors (Lipinski definition) is 6. The second-order valence-corrected chi connectivity index (χ2v) is 6.65. The molecule has 2 aromatic heterocycles. The van der Waals surface area contributed by atoms with Crippen molar-refractivity contribution in [2.45, 2.75) is 32.4 Å². The third-order valence-electron chi connectivity index (χ3n) is 4.94. The van der Waals surface area contributed by atoms with E-state index in [4.69, 9.17) is 0 Å². The second kappa shape index (κ2) is 8.26. The number of amides is 2. The summed E-state index contributed by atoms with van der Waals surface area (Å²) in [5.41, 5.74) is 0.480. The zero-order valence-electron chi connectivity index (χ0n) is 15.9. The van der Waals surface area contributed by atoms with Crippen LogP contribution in [0.1, 0.15) is 30.6 Å². The average molecular weight is 371 g/mol. The zero-order valence-corrected chi connectivity index (χ0v) is 15.9. The van der Waals surface area contributed by atoms with E-state index in [0.717, 1.165) is 0 Å². The molecule has 0 spiro atoms. The van der Waals surface area contributed by atoms with Crippen molar-refractivity contribution in [2.24, 2.45) is 0 Å². The largest absolute Gasteiger partial charge is 0.348 e. The van der Waals surface area contributed by atoms with Crippen LogP contribution < -0.4 is 5.32 Å². The summed E-state index contributed by atoms with van der Waals surface area (Å²) in [6.45, 7) is 6.00. The standard InChI is InChI=1S/C18H25N7O2/c1-4-24(5-2)18(27)15-8-14(10-23(15)3)22-17(26)13-6-7-16(19-9-13)25-11-20-21-12-25/h6-7,9,11-12,14-15H,4-5,8,10H2,1-3H3,(H,22,26)/t14-,15+/m1/s1. The highest BCUT2D eigenvalue weighted by Gasteiger charge is 2.36. The molecule has 0 saturated carbocycles. The van der Waals surface area contributed by atoms with Gasteiger partial charge in [-0.2, -0.15) is 0 Å². The lowest BCUT2D eigenvalue weighted by molar-refractivity contribution is -0.135. The van der Waals surface area contributed by atoms with E-state index >= 15 is 0 Å². The van der Waals surface area contributed by atoms with Crippen LogP contribution in [-0.4, -0.2) is 80.1 Å². The second-order valence-electron chi connectivity index (χ2n) is 6.65. The first-order valence-electron chi connectivity index (χ1n) is 9.14. The van der Waals surface area contributed by atoms with Gasteiger partial charge in [-0.1, -0.05) is 0 Å². The van der Waals surface area contributed by atoms with Gasteiger partial charge in [-0.25, -0.2) is 4.98 Å². The van der Waals surface area contributed by atoms with E-state index in [0.29, 0.717) is 37.4 Å². The Hall–Kier alpha value is -2.81. The normalized spacial score (nSPS) is 19.8. The number of likely N-dealkylation sites (tertiary alicyclic amines) is 1. The molecule has 3 heterocycles.